The molecule has 0 saturated heterocycles. The highest BCUT2D eigenvalue weighted by Gasteiger charge is 2.22. The van der Waals surface area contributed by atoms with Gasteiger partial charge in [-0.1, -0.05) is 107 Å². The Kier molecular flexibility index (Phi) is 11.3. The minimum absolute atomic E-state index is 0.197. The van der Waals surface area contributed by atoms with Crippen LogP contribution in [0.2, 0.25) is 0 Å². The van der Waals surface area contributed by atoms with Gasteiger partial charge in [0.2, 0.25) is 0 Å². The summed E-state index contributed by atoms with van der Waals surface area (Å²) in [4.78, 5) is 34.8. The molecule has 0 bridgehead atoms. The Morgan fingerprint density at radius 3 is 1.52 bits per heavy atom. The number of para-hydroxylation sites is 2. The van der Waals surface area contributed by atoms with Crippen molar-refractivity contribution in [3.8, 4) is 11.5 Å². The molecule has 240 valence electrons. The number of carbonyl (C=O) groups excluding carboxylic acids is 2. The van der Waals surface area contributed by atoms with Crippen LogP contribution in [0.15, 0.2) is 143 Å². The summed E-state index contributed by atoms with van der Waals surface area (Å²) < 4.78 is 11.3. The fraction of sp³-hybridized carbons (Fsp3) is 0.190. The number of esters is 2. The van der Waals surface area contributed by atoms with Crippen LogP contribution in [-0.2, 0) is 9.59 Å². The summed E-state index contributed by atoms with van der Waals surface area (Å²) in [5, 5.41) is 0. The number of nitrogens with zero attached hydrogens (tertiary/aromatic N) is 2. The van der Waals surface area contributed by atoms with Crippen molar-refractivity contribution in [3.05, 3.63) is 144 Å². The molecule has 6 heteroatoms. The number of hydrogen-bond donors (Lipinski definition) is 0. The number of ether oxygens (including phenoxy) is 2. The molecule has 0 saturated carbocycles. The maximum atomic E-state index is 12.9. The van der Waals surface area contributed by atoms with Gasteiger partial charge in [-0.25, -0.2) is 14.8 Å². The van der Waals surface area contributed by atoms with Gasteiger partial charge in [0.1, 0.15) is 11.5 Å². The lowest BCUT2D eigenvalue weighted by molar-refractivity contribution is -0.137. The second-order valence-electron chi connectivity index (χ2n) is 12.0. The first-order chi connectivity index (χ1) is 23.3. The van der Waals surface area contributed by atoms with Crippen LogP contribution in [0.5, 0.6) is 11.5 Å². The van der Waals surface area contributed by atoms with E-state index in [-0.39, 0.29) is 11.8 Å². The normalized spacial score (nSPS) is 13.5. The predicted octanol–water partition coefficient (Wildman–Crippen LogP) is 9.78. The van der Waals surface area contributed by atoms with Gasteiger partial charge in [-0.15, -0.1) is 0 Å². The summed E-state index contributed by atoms with van der Waals surface area (Å²) in [7, 11) is 0. The molecule has 5 rings (SSSR count). The molecule has 0 aromatic heterocycles. The SMILES string of the molecule is CC(C)C(=C=Nc1ccccc1)c1ccc(OC(=O)C2=CCC(C(=O)Oc3ccc(C(=C=Nc4ccccc4)C(C)C)cc3)C=C2)cc1. The summed E-state index contributed by atoms with van der Waals surface area (Å²) in [6.07, 6.45) is 5.33. The number of aliphatic imine (C=N–C) groups is 2. The van der Waals surface area contributed by atoms with E-state index in [1.54, 1.807) is 42.5 Å². The molecule has 0 amide bonds. The molecule has 0 N–H and O–H groups in total. The van der Waals surface area contributed by atoms with Crippen molar-refractivity contribution in [3.63, 3.8) is 0 Å². The summed E-state index contributed by atoms with van der Waals surface area (Å²) in [5.74, 6) is 6.24. The second-order valence-corrected chi connectivity index (χ2v) is 12.0. The maximum Gasteiger partial charge on any atom is 0.343 e. The Morgan fingerprint density at radius 2 is 1.10 bits per heavy atom. The Labute approximate surface area is 282 Å². The molecular weight excluding hydrogens is 596 g/mol. The zero-order valence-corrected chi connectivity index (χ0v) is 27.6. The fourth-order valence-corrected chi connectivity index (χ4v) is 5.02. The summed E-state index contributed by atoms with van der Waals surface area (Å²) in [6.45, 7) is 8.35. The van der Waals surface area contributed by atoms with E-state index < -0.39 is 17.9 Å². The van der Waals surface area contributed by atoms with Crippen LogP contribution in [-0.4, -0.2) is 23.7 Å². The molecule has 0 aliphatic heterocycles. The minimum Gasteiger partial charge on any atom is -0.426 e. The smallest absolute Gasteiger partial charge is 0.343 e. The highest BCUT2D eigenvalue weighted by Crippen LogP contribution is 2.27. The van der Waals surface area contributed by atoms with Gasteiger partial charge < -0.3 is 9.47 Å². The third-order valence-corrected chi connectivity index (χ3v) is 7.68. The average molecular weight is 635 g/mol. The van der Waals surface area contributed by atoms with Crippen LogP contribution in [0.4, 0.5) is 11.4 Å². The number of benzene rings is 4. The molecule has 0 heterocycles. The van der Waals surface area contributed by atoms with E-state index in [4.69, 9.17) is 9.47 Å². The molecule has 4 aromatic carbocycles. The lowest BCUT2D eigenvalue weighted by atomic mass is 9.96. The zero-order valence-electron chi connectivity index (χ0n) is 27.6. The van der Waals surface area contributed by atoms with E-state index >= 15 is 0 Å². The first kappa shape index (κ1) is 33.6. The molecule has 4 aromatic rings. The molecule has 0 spiro atoms. The van der Waals surface area contributed by atoms with E-state index in [0.29, 0.717) is 23.5 Å². The van der Waals surface area contributed by atoms with Crippen LogP contribution < -0.4 is 9.47 Å². The van der Waals surface area contributed by atoms with E-state index in [1.807, 2.05) is 84.9 Å². The first-order valence-corrected chi connectivity index (χ1v) is 16.1. The lowest BCUT2D eigenvalue weighted by Crippen LogP contribution is -2.21. The summed E-state index contributed by atoms with van der Waals surface area (Å²) in [6, 6.07) is 34.0. The van der Waals surface area contributed by atoms with Gasteiger partial charge in [-0.3, -0.25) is 4.79 Å². The Balaban J connectivity index is 1.16. The third-order valence-electron chi connectivity index (χ3n) is 7.68. The molecule has 1 aliphatic rings. The molecule has 1 unspecified atom stereocenters. The minimum atomic E-state index is -0.511. The van der Waals surface area contributed by atoms with Crippen LogP contribution in [0.25, 0.3) is 11.1 Å². The van der Waals surface area contributed by atoms with E-state index in [0.717, 1.165) is 33.6 Å². The molecule has 6 nitrogen and oxygen atoms in total. The van der Waals surface area contributed by atoms with Crippen molar-refractivity contribution >= 4 is 46.2 Å². The van der Waals surface area contributed by atoms with Crippen molar-refractivity contribution in [2.75, 3.05) is 0 Å². The average Bonchev–Trinajstić information content (AvgIpc) is 3.10. The molecule has 0 fully saturated rings. The van der Waals surface area contributed by atoms with E-state index in [1.165, 1.54) is 0 Å². The Morgan fingerprint density at radius 1 is 0.646 bits per heavy atom. The van der Waals surface area contributed by atoms with Gasteiger partial charge in [-0.05, 0) is 89.7 Å². The number of rotatable bonds is 10. The summed E-state index contributed by atoms with van der Waals surface area (Å²) in [5.41, 5.74) is 5.86. The first-order valence-electron chi connectivity index (χ1n) is 16.1. The van der Waals surface area contributed by atoms with E-state index in [9.17, 15) is 9.59 Å². The van der Waals surface area contributed by atoms with Crippen molar-refractivity contribution in [2.45, 2.75) is 34.1 Å². The van der Waals surface area contributed by atoms with Crippen LogP contribution in [0, 0.1) is 17.8 Å². The van der Waals surface area contributed by atoms with Gasteiger partial charge in [0.25, 0.3) is 0 Å². The molecule has 1 aliphatic carbocycles. The van der Waals surface area contributed by atoms with Gasteiger partial charge in [0, 0.05) is 11.1 Å². The molecular formula is C42H38N2O4. The van der Waals surface area contributed by atoms with Gasteiger partial charge in [-0.2, -0.15) is 0 Å². The van der Waals surface area contributed by atoms with Crippen molar-refractivity contribution in [1.29, 1.82) is 0 Å². The monoisotopic (exact) mass is 634 g/mol. The van der Waals surface area contributed by atoms with Crippen molar-refractivity contribution in [2.24, 2.45) is 27.7 Å². The van der Waals surface area contributed by atoms with Gasteiger partial charge in [0.15, 0.2) is 0 Å². The largest absolute Gasteiger partial charge is 0.426 e. The van der Waals surface area contributed by atoms with Crippen molar-refractivity contribution < 1.29 is 19.1 Å². The molecule has 0 radical (unpaired) electrons. The summed E-state index contributed by atoms with van der Waals surface area (Å²) >= 11 is 0. The predicted molar refractivity (Wildman–Crippen MR) is 193 cm³/mol. The third kappa shape index (κ3) is 9.14. The fourth-order valence-electron chi connectivity index (χ4n) is 5.02. The topological polar surface area (TPSA) is 77.3 Å². The van der Waals surface area contributed by atoms with Crippen molar-refractivity contribution in [1.82, 2.24) is 0 Å². The molecule has 48 heavy (non-hydrogen) atoms. The lowest BCUT2D eigenvalue weighted by Gasteiger charge is -2.15. The van der Waals surface area contributed by atoms with Crippen LogP contribution in [0.1, 0.15) is 45.2 Å². The maximum absolute atomic E-state index is 12.9. The zero-order chi connectivity index (χ0) is 33.9. The Hall–Kier alpha value is -5.80. The van der Waals surface area contributed by atoms with Gasteiger partial charge >= 0.3 is 11.9 Å². The van der Waals surface area contributed by atoms with Crippen LogP contribution >= 0.6 is 0 Å². The number of hydrogen-bond acceptors (Lipinski definition) is 6. The molecule has 1 atom stereocenters. The van der Waals surface area contributed by atoms with E-state index in [2.05, 4.69) is 49.4 Å². The highest BCUT2D eigenvalue weighted by atomic mass is 16.5. The highest BCUT2D eigenvalue weighted by molar-refractivity contribution is 5.95. The second kappa shape index (κ2) is 16.2. The van der Waals surface area contributed by atoms with Gasteiger partial charge in [0.05, 0.1) is 22.9 Å². The standard InChI is InChI=1S/C42H38N2O4/c1-29(2)39(27-43-35-11-7-5-8-12-35)31-19-23-37(24-20-31)47-41(45)33-15-17-34(18-16-33)42(46)48-38-25-21-32(22-26-38)40(30(3)4)28-44-36-13-9-6-10-14-36/h5-17,19-26,29-30,34H,18H2,1-4H3. The Bertz CT molecular complexity index is 1920. The van der Waals surface area contributed by atoms with Crippen LogP contribution in [0.3, 0.4) is 0 Å². The number of allylic oxidation sites excluding steroid dienone is 3. The number of carbonyl (C=O) groups is 2. The quantitative estimate of drug-likeness (QED) is 0.0989.